The zero-order valence-corrected chi connectivity index (χ0v) is 27.3. The normalized spacial score (nSPS) is 12.7. The Hall–Kier alpha value is -6.37. The maximum absolute atomic E-state index is 6.76. The first-order chi connectivity index (χ1) is 24.8. The molecule has 0 saturated heterocycles. The van der Waals surface area contributed by atoms with Crippen molar-refractivity contribution in [2.24, 2.45) is 0 Å². The van der Waals surface area contributed by atoms with Crippen LogP contribution in [0.1, 0.15) is 0 Å². The second kappa shape index (κ2) is 9.62. The molecule has 7 aromatic carbocycles. The van der Waals surface area contributed by atoms with Crippen LogP contribution >= 0.6 is 11.8 Å². The lowest BCUT2D eigenvalue weighted by molar-refractivity contribution is 0.673. The molecular weight excluding hydrogens is 633 g/mol. The summed E-state index contributed by atoms with van der Waals surface area (Å²) in [7, 11) is 0. The monoisotopic (exact) mass is 656 g/mol. The third-order valence-corrected chi connectivity index (χ3v) is 11.5. The molecule has 0 radical (unpaired) electrons. The highest BCUT2D eigenvalue weighted by molar-refractivity contribution is 7.99. The molecule has 232 valence electrons. The van der Waals surface area contributed by atoms with E-state index < -0.39 is 0 Å². The van der Waals surface area contributed by atoms with E-state index in [1.807, 2.05) is 6.07 Å². The second-order valence-electron chi connectivity index (χ2n) is 12.9. The molecule has 0 aliphatic carbocycles. The third kappa shape index (κ3) is 3.38. The number of nitrogens with zero attached hydrogens (tertiary/aromatic N) is 4. The van der Waals surface area contributed by atoms with E-state index in [4.69, 9.17) is 14.4 Å². The minimum Gasteiger partial charge on any atom is -0.455 e. The maximum atomic E-state index is 6.76. The fourth-order valence-electron chi connectivity index (χ4n) is 8.28. The molecule has 6 heteroatoms. The Morgan fingerprint density at radius 2 is 1.18 bits per heavy atom. The molecular formula is C44H24N4OS. The van der Waals surface area contributed by atoms with Crippen molar-refractivity contribution in [3.05, 3.63) is 146 Å². The number of furan rings is 1. The van der Waals surface area contributed by atoms with Gasteiger partial charge in [0, 0.05) is 53.4 Å². The van der Waals surface area contributed by atoms with Gasteiger partial charge in [-0.05, 0) is 66.7 Å². The average Bonchev–Trinajstić information content (AvgIpc) is 3.83. The molecule has 4 aromatic heterocycles. The molecule has 0 unspecified atom stereocenters. The molecule has 0 amide bonds. The predicted octanol–water partition coefficient (Wildman–Crippen LogP) is 11.9. The highest BCUT2D eigenvalue weighted by atomic mass is 32.2. The van der Waals surface area contributed by atoms with Crippen LogP contribution in [0.25, 0.3) is 99.3 Å². The first-order valence-corrected chi connectivity index (χ1v) is 17.6. The molecule has 0 atom stereocenters. The molecule has 5 heterocycles. The van der Waals surface area contributed by atoms with Crippen LogP contribution in [0.15, 0.2) is 160 Å². The van der Waals surface area contributed by atoms with E-state index in [9.17, 15) is 0 Å². The standard InChI is InChI=1S/C44H24N4OS/c1-2-11-25(12-3-1)47-33-24-23-32-38(40(33)41-34(47)22-21-27-26-13-5-8-18-35(26)49-43(27)41)28-14-4-7-17-31(28)48(32)44-45-30-16-10-20-37-39(30)42(46-44)29-15-6-9-19-36(29)50-37/h1-24H. The number of hydrogen-bond acceptors (Lipinski definition) is 4. The number of rotatable bonds is 2. The minimum atomic E-state index is 0.664. The number of para-hydroxylation sites is 3. The molecule has 12 rings (SSSR count). The summed E-state index contributed by atoms with van der Waals surface area (Å²) in [6, 6.07) is 51.5. The van der Waals surface area contributed by atoms with Crippen molar-refractivity contribution in [1.82, 2.24) is 19.1 Å². The highest BCUT2D eigenvalue weighted by Crippen LogP contribution is 2.48. The Balaban J connectivity index is 1.27. The third-order valence-electron chi connectivity index (χ3n) is 10.3. The Morgan fingerprint density at radius 1 is 0.460 bits per heavy atom. The first kappa shape index (κ1) is 26.6. The van der Waals surface area contributed by atoms with E-state index in [2.05, 4.69) is 149 Å². The number of benzene rings is 7. The van der Waals surface area contributed by atoms with Crippen molar-refractivity contribution >= 4 is 88.2 Å². The fourth-order valence-corrected chi connectivity index (χ4v) is 9.39. The quantitative estimate of drug-likeness (QED) is 0.186. The fraction of sp³-hybridized carbons (Fsp3) is 0. The Kier molecular flexibility index (Phi) is 5.11. The summed E-state index contributed by atoms with van der Waals surface area (Å²) in [6.07, 6.45) is 0. The van der Waals surface area contributed by atoms with Crippen LogP contribution in [-0.4, -0.2) is 19.1 Å². The summed E-state index contributed by atoms with van der Waals surface area (Å²) in [6.45, 7) is 0. The lowest BCUT2D eigenvalue weighted by Gasteiger charge is -2.20. The van der Waals surface area contributed by atoms with Gasteiger partial charge in [0.05, 0.1) is 38.7 Å². The SMILES string of the molecule is c1ccc(-n2c3ccc4c5ccccc5oc4c3c3c4c5ccccc5n(-c5nc6c7c(cccc7n5)Sc5ccccc5-6)c4ccc32)cc1. The van der Waals surface area contributed by atoms with Crippen LogP contribution in [0, 0.1) is 0 Å². The van der Waals surface area contributed by atoms with Gasteiger partial charge in [-0.1, -0.05) is 90.6 Å². The minimum absolute atomic E-state index is 0.664. The second-order valence-corrected chi connectivity index (χ2v) is 14.0. The number of aromatic nitrogens is 4. The van der Waals surface area contributed by atoms with Crippen LogP contribution in [0.3, 0.4) is 0 Å². The van der Waals surface area contributed by atoms with Gasteiger partial charge < -0.3 is 8.98 Å². The van der Waals surface area contributed by atoms with Gasteiger partial charge in [0.25, 0.3) is 0 Å². The molecule has 50 heavy (non-hydrogen) atoms. The Labute approximate surface area is 289 Å². The number of hydrogen-bond donors (Lipinski definition) is 0. The van der Waals surface area contributed by atoms with Gasteiger partial charge in [-0.2, -0.15) is 0 Å². The topological polar surface area (TPSA) is 48.8 Å². The van der Waals surface area contributed by atoms with Crippen molar-refractivity contribution in [3.63, 3.8) is 0 Å². The smallest absolute Gasteiger partial charge is 0.235 e. The van der Waals surface area contributed by atoms with Crippen molar-refractivity contribution in [1.29, 1.82) is 0 Å². The van der Waals surface area contributed by atoms with Gasteiger partial charge in [0.15, 0.2) is 0 Å². The molecule has 0 N–H and O–H groups in total. The molecule has 1 aliphatic heterocycles. The van der Waals surface area contributed by atoms with Crippen molar-refractivity contribution in [2.45, 2.75) is 9.79 Å². The highest BCUT2D eigenvalue weighted by Gasteiger charge is 2.26. The summed E-state index contributed by atoms with van der Waals surface area (Å²) in [5.41, 5.74) is 10.3. The zero-order valence-electron chi connectivity index (χ0n) is 26.5. The summed E-state index contributed by atoms with van der Waals surface area (Å²) < 4.78 is 11.4. The van der Waals surface area contributed by atoms with Crippen LogP contribution in [0.4, 0.5) is 0 Å². The zero-order chi connectivity index (χ0) is 32.5. The molecule has 0 fully saturated rings. The first-order valence-electron chi connectivity index (χ1n) is 16.8. The van der Waals surface area contributed by atoms with E-state index in [1.54, 1.807) is 11.8 Å². The Morgan fingerprint density at radius 3 is 2.10 bits per heavy atom. The molecule has 5 nitrogen and oxygen atoms in total. The molecule has 1 aliphatic rings. The van der Waals surface area contributed by atoms with Gasteiger partial charge in [-0.15, -0.1) is 0 Å². The van der Waals surface area contributed by atoms with Crippen LogP contribution < -0.4 is 0 Å². The molecule has 0 saturated carbocycles. The van der Waals surface area contributed by atoms with Gasteiger partial charge >= 0.3 is 0 Å². The van der Waals surface area contributed by atoms with Gasteiger partial charge in [0.2, 0.25) is 5.95 Å². The molecule has 0 spiro atoms. The summed E-state index contributed by atoms with van der Waals surface area (Å²) in [5.74, 6) is 0.664. The van der Waals surface area contributed by atoms with E-state index >= 15 is 0 Å². The molecule has 11 aromatic rings. The van der Waals surface area contributed by atoms with E-state index in [0.717, 1.165) is 93.4 Å². The van der Waals surface area contributed by atoms with E-state index in [1.165, 1.54) is 9.79 Å². The maximum Gasteiger partial charge on any atom is 0.235 e. The van der Waals surface area contributed by atoms with Crippen LogP contribution in [0.2, 0.25) is 0 Å². The Bertz CT molecular complexity index is 3240. The lowest BCUT2D eigenvalue weighted by Crippen LogP contribution is -2.05. The van der Waals surface area contributed by atoms with Gasteiger partial charge in [-0.25, -0.2) is 9.97 Å². The molecule has 0 bridgehead atoms. The van der Waals surface area contributed by atoms with Crippen LogP contribution in [-0.2, 0) is 0 Å². The van der Waals surface area contributed by atoms with Crippen molar-refractivity contribution in [3.8, 4) is 22.9 Å². The summed E-state index contributed by atoms with van der Waals surface area (Å²) in [4.78, 5) is 13.1. The average molecular weight is 657 g/mol. The lowest BCUT2D eigenvalue weighted by atomic mass is 10.0. The number of fused-ring (bicyclic) bond motifs is 13. The largest absolute Gasteiger partial charge is 0.455 e. The summed E-state index contributed by atoms with van der Waals surface area (Å²) >= 11 is 1.79. The van der Waals surface area contributed by atoms with Crippen molar-refractivity contribution in [2.75, 3.05) is 0 Å². The van der Waals surface area contributed by atoms with E-state index in [0.29, 0.717) is 5.95 Å². The van der Waals surface area contributed by atoms with Gasteiger partial charge in [0.1, 0.15) is 11.2 Å². The van der Waals surface area contributed by atoms with Crippen molar-refractivity contribution < 1.29 is 4.42 Å². The van der Waals surface area contributed by atoms with Crippen LogP contribution in [0.5, 0.6) is 0 Å². The summed E-state index contributed by atoms with van der Waals surface area (Å²) in [5, 5.41) is 7.92. The predicted molar refractivity (Wildman–Crippen MR) is 205 cm³/mol. The van der Waals surface area contributed by atoms with E-state index in [-0.39, 0.29) is 0 Å². The van der Waals surface area contributed by atoms with Gasteiger partial charge in [-0.3, -0.25) is 4.57 Å².